The number of alkyl halides is 2. The van der Waals surface area contributed by atoms with Crippen molar-refractivity contribution in [1.82, 2.24) is 9.97 Å². The van der Waals surface area contributed by atoms with Crippen LogP contribution in [0.2, 0.25) is 0 Å². The van der Waals surface area contributed by atoms with Crippen LogP contribution in [0.1, 0.15) is 50.8 Å². The van der Waals surface area contributed by atoms with Gasteiger partial charge in [0, 0.05) is 75.7 Å². The van der Waals surface area contributed by atoms with E-state index in [0.29, 0.717) is 23.9 Å². The van der Waals surface area contributed by atoms with Crippen LogP contribution in [0.3, 0.4) is 0 Å². The summed E-state index contributed by atoms with van der Waals surface area (Å²) >= 11 is 0. The Kier molecular flexibility index (Phi) is 4.85. The highest BCUT2D eigenvalue weighted by atomic mass is 19.3. The first kappa shape index (κ1) is 21.1. The molecule has 0 unspecified atom stereocenters. The lowest BCUT2D eigenvalue weighted by molar-refractivity contribution is -0.114. The molecule has 1 spiro atoms. The zero-order valence-electron chi connectivity index (χ0n) is 18.3. The highest BCUT2D eigenvalue weighted by molar-refractivity contribution is 5.89. The summed E-state index contributed by atoms with van der Waals surface area (Å²) in [6, 6.07) is 4.83. The van der Waals surface area contributed by atoms with E-state index in [1.165, 1.54) is 13.0 Å². The van der Waals surface area contributed by atoms with Crippen LogP contribution in [0.15, 0.2) is 24.4 Å². The molecular formula is C23H26F2N4O3. The summed E-state index contributed by atoms with van der Waals surface area (Å²) in [5, 5.41) is 2.70. The molecule has 1 amide bonds. The minimum absolute atomic E-state index is 0.0375. The van der Waals surface area contributed by atoms with Crippen LogP contribution in [-0.2, 0) is 20.9 Å². The van der Waals surface area contributed by atoms with E-state index in [1.54, 1.807) is 25.4 Å². The van der Waals surface area contributed by atoms with Gasteiger partial charge in [-0.3, -0.25) is 4.79 Å². The predicted molar refractivity (Wildman–Crippen MR) is 115 cm³/mol. The maximum atomic E-state index is 14.3. The molecule has 7 nitrogen and oxygen atoms in total. The van der Waals surface area contributed by atoms with Crippen LogP contribution in [0, 0.1) is 0 Å². The molecule has 3 heterocycles. The fourth-order valence-electron chi connectivity index (χ4n) is 4.50. The van der Waals surface area contributed by atoms with Gasteiger partial charge in [0.25, 0.3) is 5.92 Å². The van der Waals surface area contributed by atoms with Gasteiger partial charge in [-0.25, -0.2) is 9.97 Å². The zero-order valence-corrected chi connectivity index (χ0v) is 18.3. The topological polar surface area (TPSA) is 76.6 Å². The number of rotatable bonds is 6. The second-order valence-corrected chi connectivity index (χ2v) is 9.14. The lowest BCUT2D eigenvalue weighted by Gasteiger charge is -2.34. The number of methoxy groups -OCH3 is 1. The summed E-state index contributed by atoms with van der Waals surface area (Å²) in [7, 11) is 1.66. The molecule has 2 saturated carbocycles. The SMILES string of the molecule is COC1CC(Oc2cc(N3CC4(CC4)c4cnc(NC(C)=O)cc43)nc(C(C)(F)F)c2)C1. The molecule has 0 aromatic carbocycles. The number of ether oxygens (including phenoxy) is 2. The summed E-state index contributed by atoms with van der Waals surface area (Å²) in [6.45, 7) is 2.89. The van der Waals surface area contributed by atoms with Gasteiger partial charge in [-0.1, -0.05) is 0 Å². The van der Waals surface area contributed by atoms with E-state index in [2.05, 4.69) is 15.3 Å². The largest absolute Gasteiger partial charge is 0.490 e. The average molecular weight is 444 g/mol. The number of amides is 1. The molecule has 1 N–H and O–H groups in total. The number of halogens is 2. The van der Waals surface area contributed by atoms with Crippen molar-refractivity contribution in [1.29, 1.82) is 0 Å². The monoisotopic (exact) mass is 444 g/mol. The number of pyridine rings is 2. The van der Waals surface area contributed by atoms with E-state index in [0.717, 1.165) is 43.9 Å². The normalized spacial score (nSPS) is 23.0. The van der Waals surface area contributed by atoms with Crippen molar-refractivity contribution in [2.45, 2.75) is 63.1 Å². The van der Waals surface area contributed by atoms with Crippen molar-refractivity contribution in [3.8, 4) is 5.75 Å². The smallest absolute Gasteiger partial charge is 0.287 e. The Hall–Kier alpha value is -2.81. The second-order valence-electron chi connectivity index (χ2n) is 9.14. The van der Waals surface area contributed by atoms with Crippen LogP contribution < -0.4 is 15.0 Å². The summed E-state index contributed by atoms with van der Waals surface area (Å²) in [5.74, 6) is -2.12. The van der Waals surface area contributed by atoms with Crippen molar-refractivity contribution < 1.29 is 23.0 Å². The van der Waals surface area contributed by atoms with Crippen LogP contribution >= 0.6 is 0 Å². The highest BCUT2D eigenvalue weighted by Gasteiger charge is 2.53. The van der Waals surface area contributed by atoms with Gasteiger partial charge in [-0.05, 0) is 12.8 Å². The van der Waals surface area contributed by atoms with Crippen LogP contribution in [0.5, 0.6) is 5.75 Å². The maximum Gasteiger partial charge on any atom is 0.287 e. The van der Waals surface area contributed by atoms with Gasteiger partial charge in [0.15, 0.2) is 0 Å². The molecule has 2 aromatic heterocycles. The number of fused-ring (bicyclic) bond motifs is 2. The lowest BCUT2D eigenvalue weighted by Crippen LogP contribution is -2.38. The summed E-state index contributed by atoms with van der Waals surface area (Å²) < 4.78 is 39.9. The summed E-state index contributed by atoms with van der Waals surface area (Å²) in [5.41, 5.74) is 1.53. The van der Waals surface area contributed by atoms with Crippen LogP contribution in [0.4, 0.5) is 26.1 Å². The Morgan fingerprint density at radius 1 is 1.25 bits per heavy atom. The average Bonchev–Trinajstić information content (AvgIpc) is 3.40. The fourth-order valence-corrected chi connectivity index (χ4v) is 4.50. The van der Waals surface area contributed by atoms with E-state index in [1.807, 2.05) is 4.90 Å². The summed E-state index contributed by atoms with van der Waals surface area (Å²) in [6.07, 6.45) is 5.33. The van der Waals surface area contributed by atoms with E-state index < -0.39 is 5.92 Å². The molecule has 0 bridgehead atoms. The molecule has 32 heavy (non-hydrogen) atoms. The Labute approximate surface area is 185 Å². The molecule has 2 aliphatic carbocycles. The van der Waals surface area contributed by atoms with Gasteiger partial charge in [0.2, 0.25) is 5.91 Å². The number of hydrogen-bond donors (Lipinski definition) is 1. The zero-order chi connectivity index (χ0) is 22.7. The molecule has 5 rings (SSSR count). The van der Waals surface area contributed by atoms with Gasteiger partial charge < -0.3 is 19.7 Å². The van der Waals surface area contributed by atoms with Crippen molar-refractivity contribution >= 4 is 23.2 Å². The quantitative estimate of drug-likeness (QED) is 0.717. The molecule has 0 saturated heterocycles. The van der Waals surface area contributed by atoms with Crippen LogP contribution in [-0.4, -0.2) is 41.7 Å². The van der Waals surface area contributed by atoms with E-state index in [4.69, 9.17) is 9.47 Å². The maximum absolute atomic E-state index is 14.3. The van der Waals surface area contributed by atoms with Gasteiger partial charge in [0.05, 0.1) is 11.8 Å². The first-order chi connectivity index (χ1) is 15.2. The van der Waals surface area contributed by atoms with E-state index in [-0.39, 0.29) is 29.2 Å². The Morgan fingerprint density at radius 3 is 2.62 bits per heavy atom. The Morgan fingerprint density at radius 2 is 2.00 bits per heavy atom. The van der Waals surface area contributed by atoms with Gasteiger partial charge >= 0.3 is 0 Å². The third kappa shape index (κ3) is 3.79. The fraction of sp³-hybridized carbons (Fsp3) is 0.522. The van der Waals surface area contributed by atoms with Crippen LogP contribution in [0.25, 0.3) is 0 Å². The first-order valence-electron chi connectivity index (χ1n) is 10.8. The number of aromatic nitrogens is 2. The number of anilines is 3. The van der Waals surface area contributed by atoms with Gasteiger partial charge in [-0.15, -0.1) is 0 Å². The minimum atomic E-state index is -3.11. The van der Waals surface area contributed by atoms with E-state index >= 15 is 0 Å². The molecule has 1 aliphatic heterocycles. The number of carbonyl (C=O) groups excluding carboxylic acids is 1. The Bertz CT molecular complexity index is 1060. The first-order valence-corrected chi connectivity index (χ1v) is 10.8. The number of nitrogens with one attached hydrogen (secondary N) is 1. The summed E-state index contributed by atoms with van der Waals surface area (Å²) in [4.78, 5) is 22.1. The van der Waals surface area contributed by atoms with Gasteiger partial charge in [-0.2, -0.15) is 8.78 Å². The van der Waals surface area contributed by atoms with Crippen molar-refractivity contribution in [3.05, 3.63) is 35.7 Å². The number of nitrogens with zero attached hydrogens (tertiary/aromatic N) is 3. The van der Waals surface area contributed by atoms with Crippen molar-refractivity contribution in [2.75, 3.05) is 23.9 Å². The number of hydrogen-bond acceptors (Lipinski definition) is 6. The highest BCUT2D eigenvalue weighted by Crippen LogP contribution is 2.58. The minimum Gasteiger partial charge on any atom is -0.490 e. The molecular weight excluding hydrogens is 418 g/mol. The Balaban J connectivity index is 1.51. The predicted octanol–water partition coefficient (Wildman–Crippen LogP) is 4.29. The van der Waals surface area contributed by atoms with Gasteiger partial charge in [0.1, 0.15) is 29.2 Å². The standard InChI is InChI=1S/C23H26F2N4O3/c1-13(30)27-20-10-18-17(11-26-20)23(4-5-23)12-29(18)21-9-16(8-19(28-21)22(2,24)25)32-15-6-14(7-15)31-3/h8-11,14-15H,4-7,12H2,1-3H3,(H,26,27,30). The molecule has 170 valence electrons. The van der Waals surface area contributed by atoms with Crippen molar-refractivity contribution in [3.63, 3.8) is 0 Å². The molecule has 9 heteroatoms. The van der Waals surface area contributed by atoms with E-state index in [9.17, 15) is 13.6 Å². The lowest BCUT2D eigenvalue weighted by atomic mass is 9.92. The third-order valence-corrected chi connectivity index (χ3v) is 6.56. The second kappa shape index (κ2) is 7.37. The molecule has 0 radical (unpaired) electrons. The third-order valence-electron chi connectivity index (χ3n) is 6.56. The number of carbonyl (C=O) groups is 1. The molecule has 0 atom stereocenters. The molecule has 2 fully saturated rings. The molecule has 3 aliphatic rings. The molecule has 2 aromatic rings. The van der Waals surface area contributed by atoms with Crippen molar-refractivity contribution in [2.24, 2.45) is 0 Å².